The number of aryl methyl sites for hydroxylation is 1. The van der Waals surface area contributed by atoms with Gasteiger partial charge in [-0.25, -0.2) is 0 Å². The molecule has 3 heterocycles. The Morgan fingerprint density at radius 1 is 1.04 bits per heavy atom. The Kier molecular flexibility index (Phi) is 3.85. The molecule has 2 aliphatic rings. The maximum absolute atomic E-state index is 12.7. The molecule has 0 N–H and O–H groups in total. The predicted octanol–water partition coefficient (Wildman–Crippen LogP) is 2.78. The second kappa shape index (κ2) is 6.00. The van der Waals surface area contributed by atoms with Crippen LogP contribution < -0.4 is 0 Å². The van der Waals surface area contributed by atoms with E-state index in [9.17, 15) is 4.79 Å². The summed E-state index contributed by atoms with van der Waals surface area (Å²) in [6, 6.07) is 8.58. The molecule has 1 saturated heterocycles. The average molecular weight is 311 g/mol. The van der Waals surface area contributed by atoms with E-state index in [1.165, 1.54) is 41.4 Å². The molecule has 0 radical (unpaired) electrons. The monoisotopic (exact) mass is 311 g/mol. The largest absolute Gasteiger partial charge is 0.341 e. The summed E-state index contributed by atoms with van der Waals surface area (Å²) in [7, 11) is 0. The summed E-state index contributed by atoms with van der Waals surface area (Å²) in [5.74, 6) is 0.294. The fraction of sp³-hybridized carbons (Fsp3) is 0.526. The molecule has 1 fully saturated rings. The molecule has 23 heavy (non-hydrogen) atoms. The van der Waals surface area contributed by atoms with Crippen LogP contribution in [0, 0.1) is 6.92 Å². The Hall–Kier alpha value is -1.81. The van der Waals surface area contributed by atoms with E-state index in [1.54, 1.807) is 0 Å². The molecule has 2 aromatic rings. The number of hydrogen-bond acceptors (Lipinski definition) is 2. The summed E-state index contributed by atoms with van der Waals surface area (Å²) >= 11 is 0. The Balaban J connectivity index is 1.53. The number of fused-ring (bicyclic) bond motifs is 3. The number of rotatable bonds is 2. The maximum atomic E-state index is 12.7. The highest BCUT2D eigenvalue weighted by molar-refractivity contribution is 5.86. The molecule has 0 unspecified atom stereocenters. The first-order chi connectivity index (χ1) is 11.2. The van der Waals surface area contributed by atoms with Gasteiger partial charge in [-0.1, -0.05) is 24.6 Å². The third kappa shape index (κ3) is 2.65. The molecule has 122 valence electrons. The van der Waals surface area contributed by atoms with Gasteiger partial charge in [0.25, 0.3) is 0 Å². The van der Waals surface area contributed by atoms with E-state index < -0.39 is 0 Å². The van der Waals surface area contributed by atoms with Crippen molar-refractivity contribution in [2.75, 3.05) is 26.2 Å². The van der Waals surface area contributed by atoms with E-state index in [4.69, 9.17) is 0 Å². The fourth-order valence-corrected chi connectivity index (χ4v) is 4.09. The Morgan fingerprint density at radius 3 is 2.65 bits per heavy atom. The van der Waals surface area contributed by atoms with Gasteiger partial charge in [0.1, 0.15) is 0 Å². The zero-order chi connectivity index (χ0) is 15.8. The second-order valence-electron chi connectivity index (χ2n) is 6.89. The standard InChI is InChI=1S/C19H25N3O/c1-15-16-7-3-4-8-17(16)22-12-11-21(13-18(15)22)19(23)14-20-9-5-2-6-10-20/h3-4,7-8H,2,5-6,9-14H2,1H3. The molecule has 2 aliphatic heterocycles. The molecular weight excluding hydrogens is 286 g/mol. The first kappa shape index (κ1) is 14.8. The summed E-state index contributed by atoms with van der Waals surface area (Å²) in [5.41, 5.74) is 3.95. The van der Waals surface area contributed by atoms with Gasteiger partial charge in [0.2, 0.25) is 5.91 Å². The lowest BCUT2D eigenvalue weighted by atomic mass is 10.1. The first-order valence-electron chi connectivity index (χ1n) is 8.81. The minimum absolute atomic E-state index is 0.294. The predicted molar refractivity (Wildman–Crippen MR) is 92.4 cm³/mol. The van der Waals surface area contributed by atoms with Crippen LogP contribution in [0.25, 0.3) is 10.9 Å². The van der Waals surface area contributed by atoms with Gasteiger partial charge >= 0.3 is 0 Å². The Labute approximate surface area is 137 Å². The number of likely N-dealkylation sites (tertiary alicyclic amines) is 1. The van der Waals surface area contributed by atoms with Gasteiger partial charge in [-0.05, 0) is 44.5 Å². The lowest BCUT2D eigenvalue weighted by Crippen LogP contribution is -2.45. The van der Waals surface area contributed by atoms with Crippen molar-refractivity contribution < 1.29 is 4.79 Å². The van der Waals surface area contributed by atoms with E-state index in [-0.39, 0.29) is 0 Å². The quantitative estimate of drug-likeness (QED) is 0.853. The zero-order valence-electron chi connectivity index (χ0n) is 13.9. The van der Waals surface area contributed by atoms with Crippen molar-refractivity contribution in [2.24, 2.45) is 0 Å². The minimum atomic E-state index is 0.294. The van der Waals surface area contributed by atoms with Crippen LogP contribution >= 0.6 is 0 Å². The molecule has 1 amide bonds. The molecule has 1 aromatic heterocycles. The normalized spacial score (nSPS) is 19.1. The Bertz CT molecular complexity index is 728. The average Bonchev–Trinajstić information content (AvgIpc) is 2.89. The summed E-state index contributed by atoms with van der Waals surface area (Å²) in [4.78, 5) is 17.1. The van der Waals surface area contributed by atoms with Crippen LogP contribution in [0.4, 0.5) is 0 Å². The highest BCUT2D eigenvalue weighted by Gasteiger charge is 2.25. The van der Waals surface area contributed by atoms with Crippen LogP contribution in [0.5, 0.6) is 0 Å². The summed E-state index contributed by atoms with van der Waals surface area (Å²) < 4.78 is 2.40. The topological polar surface area (TPSA) is 28.5 Å². The van der Waals surface area contributed by atoms with E-state index in [0.717, 1.165) is 32.7 Å². The molecule has 4 heteroatoms. The smallest absolute Gasteiger partial charge is 0.237 e. The van der Waals surface area contributed by atoms with E-state index in [0.29, 0.717) is 12.5 Å². The molecule has 0 spiro atoms. The van der Waals surface area contributed by atoms with Crippen LogP contribution in [0.1, 0.15) is 30.5 Å². The Morgan fingerprint density at radius 2 is 1.83 bits per heavy atom. The molecular formula is C19H25N3O. The number of hydrogen-bond donors (Lipinski definition) is 0. The van der Waals surface area contributed by atoms with Crippen LogP contribution in [0.2, 0.25) is 0 Å². The van der Waals surface area contributed by atoms with Crippen molar-refractivity contribution in [3.63, 3.8) is 0 Å². The van der Waals surface area contributed by atoms with Gasteiger partial charge in [-0.3, -0.25) is 9.69 Å². The highest BCUT2D eigenvalue weighted by Crippen LogP contribution is 2.29. The molecule has 1 aromatic carbocycles. The van der Waals surface area contributed by atoms with Crippen LogP contribution in [-0.2, 0) is 17.9 Å². The second-order valence-corrected chi connectivity index (χ2v) is 6.89. The lowest BCUT2D eigenvalue weighted by molar-refractivity contribution is -0.134. The van der Waals surface area contributed by atoms with Gasteiger partial charge in [0.05, 0.1) is 13.1 Å². The van der Waals surface area contributed by atoms with Gasteiger partial charge in [-0.2, -0.15) is 0 Å². The molecule has 0 saturated carbocycles. The molecule has 0 atom stereocenters. The zero-order valence-corrected chi connectivity index (χ0v) is 13.9. The number of aromatic nitrogens is 1. The molecule has 4 nitrogen and oxygen atoms in total. The van der Waals surface area contributed by atoms with Gasteiger partial charge < -0.3 is 9.47 Å². The minimum Gasteiger partial charge on any atom is -0.341 e. The van der Waals surface area contributed by atoms with Crippen LogP contribution in [0.3, 0.4) is 0 Å². The van der Waals surface area contributed by atoms with Crippen molar-refractivity contribution in [1.82, 2.24) is 14.4 Å². The van der Waals surface area contributed by atoms with Gasteiger partial charge in [0.15, 0.2) is 0 Å². The molecule has 4 rings (SSSR count). The third-order valence-electron chi connectivity index (χ3n) is 5.45. The first-order valence-corrected chi connectivity index (χ1v) is 8.81. The van der Waals surface area contributed by atoms with Gasteiger partial charge in [0, 0.05) is 29.7 Å². The summed E-state index contributed by atoms with van der Waals surface area (Å²) in [5, 5.41) is 1.33. The van der Waals surface area contributed by atoms with E-state index in [2.05, 4.69) is 45.6 Å². The van der Waals surface area contributed by atoms with Gasteiger partial charge in [-0.15, -0.1) is 0 Å². The molecule has 0 bridgehead atoms. The fourth-order valence-electron chi connectivity index (χ4n) is 4.09. The maximum Gasteiger partial charge on any atom is 0.237 e. The molecule has 0 aliphatic carbocycles. The SMILES string of the molecule is Cc1c2n(c3ccccc13)CCN(C(=O)CN1CCCCC1)C2. The number of para-hydroxylation sites is 1. The number of carbonyl (C=O) groups excluding carboxylic acids is 1. The number of piperidine rings is 1. The van der Waals surface area contributed by atoms with Crippen molar-refractivity contribution in [3.05, 3.63) is 35.5 Å². The number of benzene rings is 1. The van der Waals surface area contributed by atoms with Crippen molar-refractivity contribution >= 4 is 16.8 Å². The third-order valence-corrected chi connectivity index (χ3v) is 5.45. The van der Waals surface area contributed by atoms with Crippen molar-refractivity contribution in [2.45, 2.75) is 39.3 Å². The highest BCUT2D eigenvalue weighted by atomic mass is 16.2. The number of nitrogens with zero attached hydrogens (tertiary/aromatic N) is 3. The van der Waals surface area contributed by atoms with Crippen molar-refractivity contribution in [1.29, 1.82) is 0 Å². The van der Waals surface area contributed by atoms with Crippen LogP contribution in [0.15, 0.2) is 24.3 Å². The summed E-state index contributed by atoms with van der Waals surface area (Å²) in [6.45, 7) is 7.45. The summed E-state index contributed by atoms with van der Waals surface area (Å²) in [6.07, 6.45) is 3.79. The van der Waals surface area contributed by atoms with Crippen molar-refractivity contribution in [3.8, 4) is 0 Å². The van der Waals surface area contributed by atoms with E-state index >= 15 is 0 Å². The van der Waals surface area contributed by atoms with Crippen LogP contribution in [-0.4, -0.2) is 46.5 Å². The number of amides is 1. The number of carbonyl (C=O) groups is 1. The lowest BCUT2D eigenvalue weighted by Gasteiger charge is -2.33. The van der Waals surface area contributed by atoms with E-state index in [1.807, 2.05) is 0 Å².